The van der Waals surface area contributed by atoms with Crippen LogP contribution in [-0.2, 0) is 39.0 Å². The van der Waals surface area contributed by atoms with Gasteiger partial charge in [0.05, 0.1) is 0 Å². The molecule has 0 N–H and O–H groups in total. The molecule has 162 valence electrons. The van der Waals surface area contributed by atoms with Gasteiger partial charge in [0.1, 0.15) is 0 Å². The van der Waals surface area contributed by atoms with Gasteiger partial charge in [-0.05, 0) is 0 Å². The van der Waals surface area contributed by atoms with E-state index in [0.717, 1.165) is 0 Å². The number of aryl methyl sites for hydroxylation is 2. The Morgan fingerprint density at radius 1 is 0.621 bits per heavy atom. The molecule has 0 unspecified atom stereocenters. The topological polar surface area (TPSA) is 0 Å². The summed E-state index contributed by atoms with van der Waals surface area (Å²) in [7, 11) is 0. The van der Waals surface area contributed by atoms with E-state index in [1.165, 1.54) is 64.6 Å². The van der Waals surface area contributed by atoms with Crippen LogP contribution in [0, 0.1) is 34.6 Å². The van der Waals surface area contributed by atoms with Gasteiger partial charge in [-0.1, -0.05) is 74.1 Å². The summed E-state index contributed by atoms with van der Waals surface area (Å²) in [5, 5.41) is 0. The molecule has 3 aromatic carbocycles. The molecule has 0 saturated heterocycles. The molecule has 0 aromatic heterocycles. The molecule has 0 atom stereocenters. The summed E-state index contributed by atoms with van der Waals surface area (Å²) in [6.07, 6.45) is 4.97. The predicted octanol–water partition coefficient (Wildman–Crippen LogP) is 1.67. The molecule has 3 rings (SSSR count). The Balaban J connectivity index is -0.000000335. The second-order valence-electron chi connectivity index (χ2n) is 7.21. The van der Waals surface area contributed by atoms with Gasteiger partial charge in [0.2, 0.25) is 0 Å². The Kier molecular flexibility index (Phi) is 20.9. The molecule has 0 amide bonds. The molecule has 0 heterocycles. The molecule has 0 spiro atoms. The molecule has 3 heteroatoms. The smallest absolute Gasteiger partial charge is 1.00 e. The zero-order chi connectivity index (χ0) is 19.5. The summed E-state index contributed by atoms with van der Waals surface area (Å²) >= 11 is 0. The average molecular weight is 512 g/mol. The van der Waals surface area contributed by atoms with Crippen molar-refractivity contribution < 1.29 is 51.0 Å². The van der Waals surface area contributed by atoms with Crippen LogP contribution in [0.15, 0.2) is 48.5 Å². The predicted molar refractivity (Wildman–Crippen MR) is 118 cm³/mol. The fraction of sp³-hybridized carbons (Fsp3) is 0.423. The first-order valence-electron chi connectivity index (χ1n) is 10.0. The third kappa shape index (κ3) is 11.5. The fourth-order valence-electron chi connectivity index (χ4n) is 3.14. The average Bonchev–Trinajstić information content (AvgIpc) is 3.37. The third-order valence-corrected chi connectivity index (χ3v) is 5.35. The minimum absolute atomic E-state index is 0. The fourth-order valence-corrected chi connectivity index (χ4v) is 3.14. The van der Waals surface area contributed by atoms with Crippen LogP contribution in [0.1, 0.15) is 65.6 Å². The van der Waals surface area contributed by atoms with Crippen LogP contribution >= 0.6 is 0 Å². The van der Waals surface area contributed by atoms with Crippen LogP contribution in [0.3, 0.4) is 0 Å². The second kappa shape index (κ2) is 18.3. The van der Waals surface area contributed by atoms with Crippen molar-refractivity contribution in [2.45, 2.75) is 74.1 Å². The summed E-state index contributed by atoms with van der Waals surface area (Å²) < 4.78 is 0. The minimum atomic E-state index is 0. The van der Waals surface area contributed by atoms with Crippen LogP contribution in [0.25, 0.3) is 0 Å². The quantitative estimate of drug-likeness (QED) is 0.468. The van der Waals surface area contributed by atoms with Gasteiger partial charge in [-0.3, -0.25) is 0 Å². The van der Waals surface area contributed by atoms with Crippen molar-refractivity contribution in [1.29, 1.82) is 0 Å². The summed E-state index contributed by atoms with van der Waals surface area (Å²) in [5.74, 6) is 0. The molecule has 3 aromatic rings. The van der Waals surface area contributed by atoms with Gasteiger partial charge in [0.25, 0.3) is 0 Å². The molecule has 0 aliphatic rings. The summed E-state index contributed by atoms with van der Waals surface area (Å²) in [4.78, 5) is 0. The van der Waals surface area contributed by atoms with E-state index in [2.05, 4.69) is 97.0 Å². The summed E-state index contributed by atoms with van der Waals surface area (Å²) in [6, 6.07) is 17.0. The van der Waals surface area contributed by atoms with E-state index in [4.69, 9.17) is 0 Å². The Labute approximate surface area is 211 Å². The summed E-state index contributed by atoms with van der Waals surface area (Å²) in [5.41, 5.74) is 10.3. The number of hydrogen-bond donors (Lipinski definition) is 0. The number of halogens is 2. The number of rotatable bonds is 4. The van der Waals surface area contributed by atoms with E-state index in [-0.39, 0.29) is 51.0 Å². The molecular formula is C26H37Cl2Zr-3. The van der Waals surface area contributed by atoms with Gasteiger partial charge in [-0.15, -0.1) is 0 Å². The SMILES string of the molecule is CCC[c-]1cccc1.CCC[c-]1cccc1.Cc1c(C)c(C)[c-](C)c1C.[Cl-].[Cl-].[Zr+2]. The van der Waals surface area contributed by atoms with Crippen molar-refractivity contribution in [1.82, 2.24) is 0 Å². The van der Waals surface area contributed by atoms with Gasteiger partial charge in [0.15, 0.2) is 0 Å². The standard InChI is InChI=1S/C10H15.2C8H11.2ClH.Zr/c1-6-7(2)9(4)10(5)8(6)3;2*1-2-5-8-6-3-4-7-8;;;/h1-5H3;2*3-4,6-7H,2,5H2,1H3;2*1H;/q3*-1;;;+2/p-2. The number of hydrogen-bond acceptors (Lipinski definition) is 0. The molecule has 0 saturated carbocycles. The van der Waals surface area contributed by atoms with Gasteiger partial charge < -0.3 is 24.8 Å². The molecule has 0 fully saturated rings. The Hall–Kier alpha value is -0.487. The monoisotopic (exact) mass is 509 g/mol. The maximum atomic E-state index is 2.20. The Bertz CT molecular complexity index is 603. The maximum absolute atomic E-state index is 2.20. The molecule has 0 bridgehead atoms. The zero-order valence-electron chi connectivity index (χ0n) is 19.2. The van der Waals surface area contributed by atoms with E-state index in [1.807, 2.05) is 0 Å². The van der Waals surface area contributed by atoms with E-state index in [0.29, 0.717) is 0 Å². The van der Waals surface area contributed by atoms with Crippen molar-refractivity contribution in [3.63, 3.8) is 0 Å². The van der Waals surface area contributed by atoms with Crippen molar-refractivity contribution >= 4 is 0 Å². The van der Waals surface area contributed by atoms with Crippen LogP contribution in [0.5, 0.6) is 0 Å². The van der Waals surface area contributed by atoms with Gasteiger partial charge in [-0.2, -0.15) is 63.2 Å². The van der Waals surface area contributed by atoms with Crippen molar-refractivity contribution in [2.24, 2.45) is 0 Å². The molecule has 29 heavy (non-hydrogen) atoms. The normalized spacial score (nSPS) is 8.93. The van der Waals surface area contributed by atoms with Crippen molar-refractivity contribution in [3.05, 3.63) is 87.5 Å². The largest absolute Gasteiger partial charge is 2.00 e. The molecule has 0 nitrogen and oxygen atoms in total. The first-order chi connectivity index (χ1) is 12.4. The van der Waals surface area contributed by atoms with Gasteiger partial charge in [-0.25, -0.2) is 24.3 Å². The zero-order valence-corrected chi connectivity index (χ0v) is 23.2. The van der Waals surface area contributed by atoms with Crippen molar-refractivity contribution in [3.8, 4) is 0 Å². The first-order valence-corrected chi connectivity index (χ1v) is 10.0. The van der Waals surface area contributed by atoms with E-state index in [9.17, 15) is 0 Å². The first kappa shape index (κ1) is 33.2. The third-order valence-electron chi connectivity index (χ3n) is 5.35. The molecule has 0 aliphatic heterocycles. The molecule has 0 radical (unpaired) electrons. The Morgan fingerprint density at radius 2 is 0.897 bits per heavy atom. The second-order valence-corrected chi connectivity index (χ2v) is 7.21. The van der Waals surface area contributed by atoms with Crippen molar-refractivity contribution in [2.75, 3.05) is 0 Å². The van der Waals surface area contributed by atoms with E-state index in [1.54, 1.807) is 0 Å². The van der Waals surface area contributed by atoms with Gasteiger partial charge in [0, 0.05) is 0 Å². The maximum Gasteiger partial charge on any atom is 2.00 e. The Morgan fingerprint density at radius 3 is 1.07 bits per heavy atom. The molecule has 0 aliphatic carbocycles. The van der Waals surface area contributed by atoms with Gasteiger partial charge >= 0.3 is 26.2 Å². The van der Waals surface area contributed by atoms with Crippen LogP contribution < -0.4 is 24.8 Å². The summed E-state index contributed by atoms with van der Waals surface area (Å²) in [6.45, 7) is 15.4. The van der Waals surface area contributed by atoms with Crippen LogP contribution in [0.4, 0.5) is 0 Å². The minimum Gasteiger partial charge on any atom is -1.00 e. The van der Waals surface area contributed by atoms with Crippen LogP contribution in [-0.4, -0.2) is 0 Å². The van der Waals surface area contributed by atoms with E-state index >= 15 is 0 Å². The van der Waals surface area contributed by atoms with Crippen LogP contribution in [0.2, 0.25) is 0 Å². The molecular weight excluding hydrogens is 474 g/mol. The van der Waals surface area contributed by atoms with E-state index < -0.39 is 0 Å².